The second kappa shape index (κ2) is 11.7. The van der Waals surface area contributed by atoms with Crippen LogP contribution in [0.15, 0.2) is 108 Å². The Bertz CT molecular complexity index is 1330. The molecular weight excluding hydrogens is 444 g/mol. The van der Waals surface area contributed by atoms with Gasteiger partial charge in [0.15, 0.2) is 0 Å². The van der Waals surface area contributed by atoms with Crippen molar-refractivity contribution < 1.29 is 13.0 Å². The molecular formula is C28H26N2O3S. The van der Waals surface area contributed by atoms with Crippen molar-refractivity contribution >= 4 is 45.8 Å². The zero-order valence-corrected chi connectivity index (χ0v) is 19.3. The van der Waals surface area contributed by atoms with Crippen molar-refractivity contribution in [1.82, 2.24) is 0 Å². The van der Waals surface area contributed by atoms with Crippen molar-refractivity contribution in [1.29, 1.82) is 0 Å². The number of hydrogen-bond acceptors (Lipinski definition) is 4. The molecule has 0 bridgehead atoms. The minimum atomic E-state index is -4.45. The largest absolute Gasteiger partial charge is 0.397 e. The molecule has 0 saturated heterocycles. The van der Waals surface area contributed by atoms with Crippen LogP contribution in [0.3, 0.4) is 0 Å². The predicted molar refractivity (Wildman–Crippen MR) is 142 cm³/mol. The van der Waals surface area contributed by atoms with Gasteiger partial charge >= 0.3 is 0 Å². The van der Waals surface area contributed by atoms with E-state index in [1.807, 2.05) is 66.7 Å². The van der Waals surface area contributed by atoms with Gasteiger partial charge in [0, 0.05) is 0 Å². The topological polar surface area (TPSA) is 106 Å². The lowest BCUT2D eigenvalue weighted by Crippen LogP contribution is -2.08. The smallest absolute Gasteiger partial charge is 0.297 e. The summed E-state index contributed by atoms with van der Waals surface area (Å²) in [6, 6.07) is 32.9. The highest BCUT2D eigenvalue weighted by Gasteiger charge is 2.19. The Morgan fingerprint density at radius 2 is 0.941 bits per heavy atom. The molecule has 172 valence electrons. The molecule has 0 radical (unpaired) electrons. The lowest BCUT2D eigenvalue weighted by atomic mass is 10.1. The fraction of sp³-hybridized carbons (Fsp3) is 0. The van der Waals surface area contributed by atoms with Crippen LogP contribution in [0.2, 0.25) is 0 Å². The van der Waals surface area contributed by atoms with Crippen LogP contribution in [0.25, 0.3) is 24.3 Å². The van der Waals surface area contributed by atoms with Gasteiger partial charge in [0.1, 0.15) is 4.90 Å². The Labute approximate surface area is 200 Å². The second-order valence-electron chi connectivity index (χ2n) is 7.36. The van der Waals surface area contributed by atoms with Crippen LogP contribution in [-0.2, 0) is 10.1 Å². The lowest BCUT2D eigenvalue weighted by molar-refractivity contribution is 0.483. The molecule has 4 aromatic rings. The maximum absolute atomic E-state index is 11.4. The first-order chi connectivity index (χ1) is 16.3. The molecule has 0 atom stereocenters. The fourth-order valence-electron chi connectivity index (χ4n) is 3.12. The van der Waals surface area contributed by atoms with E-state index in [9.17, 15) is 13.0 Å². The van der Waals surface area contributed by atoms with Gasteiger partial charge in [0.05, 0.1) is 11.4 Å². The second-order valence-corrected chi connectivity index (χ2v) is 8.72. The zero-order valence-electron chi connectivity index (χ0n) is 18.5. The Kier molecular flexibility index (Phi) is 8.40. The highest BCUT2D eigenvalue weighted by atomic mass is 32.2. The molecule has 4 aromatic carbocycles. The van der Waals surface area contributed by atoms with Gasteiger partial charge in [-0.3, -0.25) is 4.55 Å². The van der Waals surface area contributed by atoms with Crippen molar-refractivity contribution in [3.05, 3.63) is 125 Å². The number of rotatable bonds is 5. The normalized spacial score (nSPS) is 11.3. The summed E-state index contributed by atoms with van der Waals surface area (Å²) in [5.74, 6) is 0. The first kappa shape index (κ1) is 24.5. The molecule has 0 aliphatic carbocycles. The molecule has 0 aromatic heterocycles. The molecule has 0 fully saturated rings. The number of hydrogen-bond donors (Lipinski definition) is 3. The van der Waals surface area contributed by atoms with Gasteiger partial charge in [-0.1, -0.05) is 121 Å². The van der Waals surface area contributed by atoms with E-state index in [-0.39, 0.29) is 21.8 Å². The third-order valence-electron chi connectivity index (χ3n) is 4.84. The van der Waals surface area contributed by atoms with Gasteiger partial charge in [-0.25, -0.2) is 0 Å². The molecule has 5 nitrogen and oxygen atoms in total. The first-order valence-corrected chi connectivity index (χ1v) is 12.0. The van der Waals surface area contributed by atoms with Crippen molar-refractivity contribution in [2.24, 2.45) is 0 Å². The molecule has 0 aliphatic rings. The third kappa shape index (κ3) is 7.20. The molecule has 0 saturated carbocycles. The molecule has 0 amide bonds. The predicted octanol–water partition coefficient (Wildman–Crippen LogP) is 6.13. The summed E-state index contributed by atoms with van der Waals surface area (Å²) in [5.41, 5.74) is 14.8. The van der Waals surface area contributed by atoms with Crippen molar-refractivity contribution in [2.75, 3.05) is 11.5 Å². The summed E-state index contributed by atoms with van der Waals surface area (Å²) >= 11 is 0. The van der Waals surface area contributed by atoms with Crippen LogP contribution in [0.5, 0.6) is 0 Å². The first-order valence-electron chi connectivity index (χ1n) is 10.5. The van der Waals surface area contributed by atoms with Gasteiger partial charge in [-0.2, -0.15) is 8.42 Å². The number of nitrogen functional groups attached to an aromatic ring is 2. The molecule has 6 heteroatoms. The highest BCUT2D eigenvalue weighted by Crippen LogP contribution is 2.29. The van der Waals surface area contributed by atoms with Crippen molar-refractivity contribution in [2.45, 2.75) is 4.90 Å². The molecule has 0 spiro atoms. The highest BCUT2D eigenvalue weighted by molar-refractivity contribution is 7.86. The van der Waals surface area contributed by atoms with E-state index in [0.717, 1.165) is 5.56 Å². The standard InChI is InChI=1S/C14H14N2O3S.C14H12/c15-12-9-8-11(14(13(12)16)20(17,18)19)7-6-10-4-2-1-3-5-10;1-3-7-13(8-4-1)11-12-14-9-5-2-6-10-14/h1-9H,15-16H2,(H,17,18,19);1-12H. The zero-order chi connectivity index (χ0) is 24.4. The fourth-order valence-corrected chi connectivity index (χ4v) is 3.95. The van der Waals surface area contributed by atoms with Crippen molar-refractivity contribution in [3.63, 3.8) is 0 Å². The molecule has 0 unspecified atom stereocenters. The van der Waals surface area contributed by atoms with Gasteiger partial charge in [0.2, 0.25) is 0 Å². The van der Waals surface area contributed by atoms with Gasteiger partial charge in [-0.15, -0.1) is 0 Å². The third-order valence-corrected chi connectivity index (χ3v) is 5.81. The molecule has 0 aliphatic heterocycles. The van der Waals surface area contributed by atoms with Crippen LogP contribution < -0.4 is 11.5 Å². The molecule has 5 N–H and O–H groups in total. The van der Waals surface area contributed by atoms with E-state index in [4.69, 9.17) is 11.5 Å². The quantitative estimate of drug-likeness (QED) is 0.185. The van der Waals surface area contributed by atoms with Gasteiger partial charge in [-0.05, 0) is 28.3 Å². The van der Waals surface area contributed by atoms with E-state index in [0.29, 0.717) is 0 Å². The van der Waals surface area contributed by atoms with Crippen LogP contribution >= 0.6 is 0 Å². The molecule has 0 heterocycles. The number of benzene rings is 4. The minimum absolute atomic E-state index is 0.106. The average Bonchev–Trinajstić information content (AvgIpc) is 2.85. The van der Waals surface area contributed by atoms with Crippen LogP contribution in [0, 0.1) is 0 Å². The number of anilines is 2. The maximum Gasteiger partial charge on any atom is 0.297 e. The number of nitrogens with two attached hydrogens (primary N) is 2. The van der Waals surface area contributed by atoms with Gasteiger partial charge < -0.3 is 11.5 Å². The summed E-state index contributed by atoms with van der Waals surface area (Å²) in [5, 5.41) is 0. The van der Waals surface area contributed by atoms with Crippen molar-refractivity contribution in [3.8, 4) is 0 Å². The Morgan fingerprint density at radius 3 is 1.32 bits per heavy atom. The van der Waals surface area contributed by atoms with E-state index >= 15 is 0 Å². The lowest BCUT2D eigenvalue weighted by Gasteiger charge is -2.09. The van der Waals surface area contributed by atoms with Crippen LogP contribution in [-0.4, -0.2) is 13.0 Å². The summed E-state index contributed by atoms with van der Waals surface area (Å²) < 4.78 is 32.1. The minimum Gasteiger partial charge on any atom is -0.397 e. The monoisotopic (exact) mass is 470 g/mol. The average molecular weight is 471 g/mol. The molecule has 34 heavy (non-hydrogen) atoms. The Hall–Kier alpha value is -4.13. The Balaban J connectivity index is 0.000000202. The summed E-state index contributed by atoms with van der Waals surface area (Å²) in [6.07, 6.45) is 7.53. The van der Waals surface area contributed by atoms with E-state index < -0.39 is 10.1 Å². The summed E-state index contributed by atoms with van der Waals surface area (Å²) in [7, 11) is -4.45. The summed E-state index contributed by atoms with van der Waals surface area (Å²) in [6.45, 7) is 0. The van der Waals surface area contributed by atoms with E-state index in [1.54, 1.807) is 12.2 Å². The van der Waals surface area contributed by atoms with Crippen LogP contribution in [0.4, 0.5) is 11.4 Å². The SMILES string of the molecule is C(=Cc1ccccc1)c1ccccc1.Nc1ccc(C=Cc2ccccc2)c(S(=O)(=O)O)c1N. The van der Waals surface area contributed by atoms with E-state index in [1.165, 1.54) is 23.3 Å². The Morgan fingerprint density at radius 1 is 0.559 bits per heavy atom. The maximum atomic E-state index is 11.4. The summed E-state index contributed by atoms with van der Waals surface area (Å²) in [4.78, 5) is -0.371. The van der Waals surface area contributed by atoms with E-state index in [2.05, 4.69) is 36.4 Å². The van der Waals surface area contributed by atoms with Gasteiger partial charge in [0.25, 0.3) is 10.1 Å². The van der Waals surface area contributed by atoms with Crippen LogP contribution in [0.1, 0.15) is 22.3 Å². The molecule has 4 rings (SSSR count).